The van der Waals surface area contributed by atoms with E-state index in [9.17, 15) is 4.39 Å². The van der Waals surface area contributed by atoms with Gasteiger partial charge in [-0.15, -0.1) is 6.58 Å². The second kappa shape index (κ2) is 6.62. The lowest BCUT2D eigenvalue weighted by Gasteiger charge is -2.03. The zero-order valence-electron chi connectivity index (χ0n) is 12.0. The van der Waals surface area contributed by atoms with Crippen molar-refractivity contribution in [1.29, 1.82) is 0 Å². The third kappa shape index (κ3) is 3.40. The Morgan fingerprint density at radius 2 is 2.22 bits per heavy atom. The van der Waals surface area contributed by atoms with Crippen LogP contribution in [-0.2, 0) is 13.1 Å². The third-order valence-corrected chi connectivity index (χ3v) is 3.41. The van der Waals surface area contributed by atoms with E-state index in [0.717, 1.165) is 0 Å². The van der Waals surface area contributed by atoms with Gasteiger partial charge in [0.25, 0.3) is 0 Å². The van der Waals surface area contributed by atoms with Crippen molar-refractivity contribution in [3.63, 3.8) is 0 Å². The van der Waals surface area contributed by atoms with Crippen LogP contribution in [0.5, 0.6) is 0 Å². The minimum atomic E-state index is -0.460. The molecule has 0 fully saturated rings. The highest BCUT2D eigenvalue weighted by atomic mass is 35.5. The molecule has 6 nitrogen and oxygen atoms in total. The lowest BCUT2D eigenvalue weighted by molar-refractivity contribution is 0.529. The van der Waals surface area contributed by atoms with Crippen LogP contribution in [0.4, 0.5) is 10.3 Å². The summed E-state index contributed by atoms with van der Waals surface area (Å²) in [6, 6.07) is 8.06. The fourth-order valence-electron chi connectivity index (χ4n) is 2.02. The zero-order chi connectivity index (χ0) is 16.2. The highest BCUT2D eigenvalue weighted by Gasteiger charge is 2.09. The van der Waals surface area contributed by atoms with Crippen LogP contribution < -0.4 is 5.32 Å². The van der Waals surface area contributed by atoms with E-state index in [4.69, 9.17) is 16.0 Å². The summed E-state index contributed by atoms with van der Waals surface area (Å²) >= 11 is 5.78. The molecule has 0 saturated carbocycles. The van der Waals surface area contributed by atoms with E-state index in [0.29, 0.717) is 36.1 Å². The van der Waals surface area contributed by atoms with E-state index in [1.165, 1.54) is 12.1 Å². The lowest BCUT2D eigenvalue weighted by Crippen LogP contribution is -2.07. The van der Waals surface area contributed by atoms with Gasteiger partial charge in [0.05, 0.1) is 18.1 Å². The first-order valence-corrected chi connectivity index (χ1v) is 7.20. The maximum atomic E-state index is 13.2. The van der Waals surface area contributed by atoms with Gasteiger partial charge in [0.1, 0.15) is 17.3 Å². The SMILES string of the molecule is C=CCn1nnnc1NCc1ccc(-c2ccc(F)c(Cl)c2)o1. The molecule has 0 aliphatic carbocycles. The molecule has 23 heavy (non-hydrogen) atoms. The fourth-order valence-corrected chi connectivity index (χ4v) is 2.20. The molecule has 0 unspecified atom stereocenters. The van der Waals surface area contributed by atoms with E-state index in [-0.39, 0.29) is 5.02 Å². The molecule has 3 rings (SSSR count). The number of furan rings is 1. The second-order valence-corrected chi connectivity index (χ2v) is 5.13. The second-order valence-electron chi connectivity index (χ2n) is 4.72. The van der Waals surface area contributed by atoms with E-state index in [1.807, 2.05) is 6.07 Å². The summed E-state index contributed by atoms with van der Waals surface area (Å²) in [4.78, 5) is 0. The molecule has 0 aliphatic heterocycles. The van der Waals surface area contributed by atoms with E-state index in [2.05, 4.69) is 27.4 Å². The highest BCUT2D eigenvalue weighted by Crippen LogP contribution is 2.26. The smallest absolute Gasteiger partial charge is 0.243 e. The van der Waals surface area contributed by atoms with Crippen molar-refractivity contribution in [2.75, 3.05) is 5.32 Å². The van der Waals surface area contributed by atoms with Crippen LogP contribution in [0.25, 0.3) is 11.3 Å². The van der Waals surface area contributed by atoms with Gasteiger partial charge in [-0.25, -0.2) is 9.07 Å². The van der Waals surface area contributed by atoms with Crippen LogP contribution in [-0.4, -0.2) is 20.2 Å². The molecule has 1 aromatic carbocycles. The highest BCUT2D eigenvalue weighted by molar-refractivity contribution is 6.31. The summed E-state index contributed by atoms with van der Waals surface area (Å²) in [6.45, 7) is 4.56. The molecule has 0 aliphatic rings. The van der Waals surface area contributed by atoms with Crippen molar-refractivity contribution in [2.24, 2.45) is 0 Å². The maximum absolute atomic E-state index is 13.2. The van der Waals surface area contributed by atoms with Crippen molar-refractivity contribution in [3.05, 3.63) is 59.6 Å². The number of aromatic nitrogens is 4. The van der Waals surface area contributed by atoms with Crippen molar-refractivity contribution in [1.82, 2.24) is 20.2 Å². The topological polar surface area (TPSA) is 68.8 Å². The molecular formula is C15H13ClFN5O. The Hall–Kier alpha value is -2.67. The number of hydrogen-bond acceptors (Lipinski definition) is 5. The molecule has 118 valence electrons. The van der Waals surface area contributed by atoms with Crippen LogP contribution in [0.2, 0.25) is 5.02 Å². The number of rotatable bonds is 6. The molecule has 0 radical (unpaired) electrons. The van der Waals surface area contributed by atoms with Crippen LogP contribution in [0.3, 0.4) is 0 Å². The number of nitrogens with one attached hydrogen (secondary N) is 1. The van der Waals surface area contributed by atoms with Crippen molar-refractivity contribution >= 4 is 17.5 Å². The van der Waals surface area contributed by atoms with Crippen LogP contribution in [0, 0.1) is 5.82 Å². The monoisotopic (exact) mass is 333 g/mol. The maximum Gasteiger partial charge on any atom is 0.243 e. The summed E-state index contributed by atoms with van der Waals surface area (Å²) in [5.41, 5.74) is 0.708. The predicted molar refractivity (Wildman–Crippen MR) is 84.5 cm³/mol. The quantitative estimate of drug-likeness (QED) is 0.699. The number of halogens is 2. The summed E-state index contributed by atoms with van der Waals surface area (Å²) in [7, 11) is 0. The molecule has 3 aromatic rings. The van der Waals surface area contributed by atoms with Gasteiger partial charge < -0.3 is 9.73 Å². The fraction of sp³-hybridized carbons (Fsp3) is 0.133. The Labute approximate surface area is 136 Å². The number of allylic oxidation sites excluding steroid dienone is 1. The molecule has 2 aromatic heterocycles. The minimum Gasteiger partial charge on any atom is -0.459 e. The first-order chi connectivity index (χ1) is 11.2. The summed E-state index contributed by atoms with van der Waals surface area (Å²) in [5.74, 6) is 1.36. The number of anilines is 1. The van der Waals surface area contributed by atoms with Gasteiger partial charge in [0.2, 0.25) is 5.95 Å². The lowest BCUT2D eigenvalue weighted by atomic mass is 10.2. The largest absolute Gasteiger partial charge is 0.459 e. The van der Waals surface area contributed by atoms with Gasteiger partial charge in [-0.1, -0.05) is 22.8 Å². The first kappa shape index (κ1) is 15.2. The van der Waals surface area contributed by atoms with E-state index in [1.54, 1.807) is 22.9 Å². The van der Waals surface area contributed by atoms with Crippen molar-refractivity contribution in [3.8, 4) is 11.3 Å². The first-order valence-electron chi connectivity index (χ1n) is 6.82. The average molecular weight is 334 g/mol. The average Bonchev–Trinajstić information content (AvgIpc) is 3.18. The normalized spacial score (nSPS) is 10.7. The summed E-state index contributed by atoms with van der Waals surface area (Å²) < 4.78 is 20.5. The minimum absolute atomic E-state index is 0.0576. The zero-order valence-corrected chi connectivity index (χ0v) is 12.8. The standard InChI is InChI=1S/C15H13ClFN5O/c1-2-7-22-15(19-20-21-22)18-9-11-4-6-14(23-11)10-3-5-13(17)12(16)8-10/h2-6,8H,1,7,9H2,(H,18,19,21). The Bertz CT molecular complexity index is 829. The Balaban J connectivity index is 1.70. The molecular weight excluding hydrogens is 321 g/mol. The van der Waals surface area contributed by atoms with Crippen LogP contribution in [0.15, 0.2) is 47.4 Å². The van der Waals surface area contributed by atoms with E-state index < -0.39 is 5.82 Å². The van der Waals surface area contributed by atoms with E-state index >= 15 is 0 Å². The van der Waals surface area contributed by atoms with Crippen LogP contribution in [0.1, 0.15) is 5.76 Å². The number of hydrogen-bond donors (Lipinski definition) is 1. The molecule has 0 spiro atoms. The summed E-state index contributed by atoms with van der Waals surface area (Å²) in [6.07, 6.45) is 1.70. The predicted octanol–water partition coefficient (Wildman–Crippen LogP) is 3.52. The van der Waals surface area contributed by atoms with Crippen LogP contribution >= 0.6 is 11.6 Å². The molecule has 8 heteroatoms. The van der Waals surface area contributed by atoms with Gasteiger partial charge in [-0.05, 0) is 40.8 Å². The Morgan fingerprint density at radius 1 is 1.35 bits per heavy atom. The van der Waals surface area contributed by atoms with Gasteiger partial charge in [0, 0.05) is 5.56 Å². The Kier molecular flexibility index (Phi) is 4.38. The Morgan fingerprint density at radius 3 is 3.00 bits per heavy atom. The number of tetrazole rings is 1. The molecule has 0 bridgehead atoms. The van der Waals surface area contributed by atoms with Crippen molar-refractivity contribution < 1.29 is 8.81 Å². The third-order valence-electron chi connectivity index (χ3n) is 3.12. The number of benzene rings is 1. The van der Waals surface area contributed by atoms with Gasteiger partial charge in [-0.3, -0.25) is 0 Å². The van der Waals surface area contributed by atoms with Crippen molar-refractivity contribution in [2.45, 2.75) is 13.1 Å². The van der Waals surface area contributed by atoms with Gasteiger partial charge >= 0.3 is 0 Å². The molecule has 0 atom stereocenters. The molecule has 1 N–H and O–H groups in total. The summed E-state index contributed by atoms with van der Waals surface area (Å²) in [5, 5.41) is 14.4. The van der Waals surface area contributed by atoms with Gasteiger partial charge in [0.15, 0.2) is 0 Å². The number of nitrogens with zero attached hydrogens (tertiary/aromatic N) is 4. The molecule has 2 heterocycles. The molecule has 0 saturated heterocycles. The van der Waals surface area contributed by atoms with Gasteiger partial charge in [-0.2, -0.15) is 0 Å². The molecule has 0 amide bonds.